The van der Waals surface area contributed by atoms with E-state index in [1.54, 1.807) is 47.4 Å². The van der Waals surface area contributed by atoms with Crippen molar-refractivity contribution < 1.29 is 18.4 Å². The number of nitrogens with zero attached hydrogens (tertiary/aromatic N) is 2. The summed E-state index contributed by atoms with van der Waals surface area (Å²) >= 11 is 0. The van der Waals surface area contributed by atoms with Gasteiger partial charge in [0.25, 0.3) is 5.91 Å². The summed E-state index contributed by atoms with van der Waals surface area (Å²) < 4.78 is 10.8. The van der Waals surface area contributed by atoms with Gasteiger partial charge in [-0.3, -0.25) is 9.59 Å². The third-order valence-corrected chi connectivity index (χ3v) is 4.74. The van der Waals surface area contributed by atoms with Crippen molar-refractivity contribution in [3.05, 3.63) is 77.6 Å². The van der Waals surface area contributed by atoms with Crippen molar-refractivity contribution in [2.75, 3.05) is 11.4 Å². The molecule has 0 saturated carbocycles. The van der Waals surface area contributed by atoms with E-state index in [0.29, 0.717) is 36.7 Å². The number of amides is 2. The first-order valence-electron chi connectivity index (χ1n) is 8.87. The zero-order valence-corrected chi connectivity index (χ0v) is 15.1. The normalized spacial score (nSPS) is 12.9. The molecular weight excluding hydrogens is 344 g/mol. The first-order valence-corrected chi connectivity index (χ1v) is 8.87. The zero-order valence-electron chi connectivity index (χ0n) is 15.1. The van der Waals surface area contributed by atoms with Crippen LogP contribution in [0, 0.1) is 0 Å². The number of benzene rings is 1. The Balaban J connectivity index is 1.60. The van der Waals surface area contributed by atoms with Crippen LogP contribution in [0.15, 0.2) is 63.8 Å². The van der Waals surface area contributed by atoms with Gasteiger partial charge < -0.3 is 18.6 Å². The number of rotatable bonds is 5. The minimum absolute atomic E-state index is 0.0186. The van der Waals surface area contributed by atoms with Gasteiger partial charge in [0.05, 0.1) is 25.6 Å². The lowest BCUT2D eigenvalue weighted by molar-refractivity contribution is -0.116. The van der Waals surface area contributed by atoms with Gasteiger partial charge in [-0.15, -0.1) is 0 Å². The van der Waals surface area contributed by atoms with Crippen molar-refractivity contribution in [1.29, 1.82) is 0 Å². The van der Waals surface area contributed by atoms with Gasteiger partial charge in [-0.2, -0.15) is 0 Å². The maximum atomic E-state index is 13.2. The molecule has 1 aliphatic heterocycles. The molecule has 3 heterocycles. The highest BCUT2D eigenvalue weighted by atomic mass is 16.3. The molecule has 4 rings (SSSR count). The molecular formula is C21H20N2O4. The largest absolute Gasteiger partial charge is 0.467 e. The van der Waals surface area contributed by atoms with Crippen LogP contribution >= 0.6 is 0 Å². The maximum Gasteiger partial charge on any atom is 0.254 e. The number of carbonyl (C=O) groups excluding carboxylic acids is 2. The SMILES string of the molecule is CC(=O)N1CCc2cc(C(=O)N(Cc3ccco3)Cc3ccco3)ccc21. The molecule has 0 spiro atoms. The molecule has 0 saturated heterocycles. The summed E-state index contributed by atoms with van der Waals surface area (Å²) in [5.74, 6) is 1.33. The van der Waals surface area contributed by atoms with E-state index in [0.717, 1.165) is 17.7 Å². The fourth-order valence-corrected chi connectivity index (χ4v) is 3.43. The van der Waals surface area contributed by atoms with Crippen LogP contribution in [0.1, 0.15) is 34.4 Å². The summed E-state index contributed by atoms with van der Waals surface area (Å²) in [6.45, 7) is 2.92. The minimum atomic E-state index is -0.105. The Morgan fingerprint density at radius 1 is 1.04 bits per heavy atom. The van der Waals surface area contributed by atoms with Crippen molar-refractivity contribution in [2.24, 2.45) is 0 Å². The number of anilines is 1. The van der Waals surface area contributed by atoms with Crippen molar-refractivity contribution in [2.45, 2.75) is 26.4 Å². The Morgan fingerprint density at radius 3 is 2.26 bits per heavy atom. The Labute approximate surface area is 157 Å². The van der Waals surface area contributed by atoms with Crippen LogP contribution in [0.4, 0.5) is 5.69 Å². The molecule has 6 nitrogen and oxygen atoms in total. The van der Waals surface area contributed by atoms with Crippen molar-refractivity contribution in [3.63, 3.8) is 0 Å². The van der Waals surface area contributed by atoms with E-state index in [4.69, 9.17) is 8.83 Å². The lowest BCUT2D eigenvalue weighted by atomic mass is 10.1. The molecule has 0 unspecified atom stereocenters. The first kappa shape index (κ1) is 17.1. The van der Waals surface area contributed by atoms with Crippen LogP contribution in [0.25, 0.3) is 0 Å². The third-order valence-electron chi connectivity index (χ3n) is 4.74. The molecule has 0 atom stereocenters. The molecule has 6 heteroatoms. The summed E-state index contributed by atoms with van der Waals surface area (Å²) in [5, 5.41) is 0. The van der Waals surface area contributed by atoms with Gasteiger partial charge in [-0.1, -0.05) is 0 Å². The van der Waals surface area contributed by atoms with E-state index >= 15 is 0 Å². The summed E-state index contributed by atoms with van der Waals surface area (Å²) in [6, 6.07) is 12.8. The number of carbonyl (C=O) groups is 2. The van der Waals surface area contributed by atoms with E-state index in [1.807, 2.05) is 24.3 Å². The second-order valence-electron chi connectivity index (χ2n) is 6.58. The molecule has 2 amide bonds. The molecule has 1 aliphatic rings. The van der Waals surface area contributed by atoms with E-state index in [-0.39, 0.29) is 11.8 Å². The summed E-state index contributed by atoms with van der Waals surface area (Å²) in [4.78, 5) is 28.3. The van der Waals surface area contributed by atoms with Crippen LogP contribution in [-0.4, -0.2) is 23.3 Å². The van der Waals surface area contributed by atoms with Gasteiger partial charge in [0.1, 0.15) is 11.5 Å². The highest BCUT2D eigenvalue weighted by molar-refractivity contribution is 5.97. The molecule has 0 fully saturated rings. The summed E-state index contributed by atoms with van der Waals surface area (Å²) in [5.41, 5.74) is 2.51. The number of hydrogen-bond donors (Lipinski definition) is 0. The average Bonchev–Trinajstić information content (AvgIpc) is 3.41. The van der Waals surface area contributed by atoms with Crippen LogP contribution in [0.2, 0.25) is 0 Å². The molecule has 0 radical (unpaired) electrons. The topological polar surface area (TPSA) is 66.9 Å². The Kier molecular flexibility index (Phi) is 4.54. The van der Waals surface area contributed by atoms with Gasteiger partial charge in [0.15, 0.2) is 0 Å². The third kappa shape index (κ3) is 3.51. The predicted molar refractivity (Wildman–Crippen MR) is 99.2 cm³/mol. The van der Waals surface area contributed by atoms with Crippen LogP contribution in [-0.2, 0) is 24.3 Å². The average molecular weight is 364 g/mol. The number of fused-ring (bicyclic) bond motifs is 1. The minimum Gasteiger partial charge on any atom is -0.467 e. The molecule has 2 aromatic heterocycles. The quantitative estimate of drug-likeness (QED) is 0.693. The Morgan fingerprint density at radius 2 is 1.70 bits per heavy atom. The zero-order chi connectivity index (χ0) is 18.8. The van der Waals surface area contributed by atoms with Crippen LogP contribution in [0.3, 0.4) is 0 Å². The van der Waals surface area contributed by atoms with E-state index in [2.05, 4.69) is 0 Å². The van der Waals surface area contributed by atoms with Gasteiger partial charge in [0.2, 0.25) is 5.91 Å². The fourth-order valence-electron chi connectivity index (χ4n) is 3.43. The number of hydrogen-bond acceptors (Lipinski definition) is 4. The second kappa shape index (κ2) is 7.15. The lowest BCUT2D eigenvalue weighted by Crippen LogP contribution is -2.30. The first-order chi connectivity index (χ1) is 13.1. The molecule has 0 aliphatic carbocycles. The predicted octanol–water partition coefficient (Wildman–Crippen LogP) is 3.62. The van der Waals surface area contributed by atoms with Gasteiger partial charge in [0, 0.05) is 24.7 Å². The molecule has 1 aromatic carbocycles. The van der Waals surface area contributed by atoms with Crippen LogP contribution in [0.5, 0.6) is 0 Å². The molecule has 0 bridgehead atoms. The monoisotopic (exact) mass is 364 g/mol. The van der Waals surface area contributed by atoms with E-state index < -0.39 is 0 Å². The van der Waals surface area contributed by atoms with Gasteiger partial charge in [-0.25, -0.2) is 0 Å². The van der Waals surface area contributed by atoms with Crippen molar-refractivity contribution >= 4 is 17.5 Å². The van der Waals surface area contributed by atoms with Gasteiger partial charge >= 0.3 is 0 Å². The van der Waals surface area contributed by atoms with Crippen molar-refractivity contribution in [1.82, 2.24) is 4.90 Å². The Hall–Kier alpha value is -3.28. The highest BCUT2D eigenvalue weighted by Gasteiger charge is 2.25. The standard InChI is InChI=1S/C21H20N2O4/c1-15(24)23-9-8-16-12-17(6-7-20(16)23)21(25)22(13-18-4-2-10-26-18)14-19-5-3-11-27-19/h2-7,10-12H,8-9,13-14H2,1H3. The van der Waals surface area contributed by atoms with E-state index in [1.165, 1.54) is 0 Å². The molecule has 3 aromatic rings. The lowest BCUT2D eigenvalue weighted by Gasteiger charge is -2.21. The van der Waals surface area contributed by atoms with Crippen LogP contribution < -0.4 is 4.90 Å². The second-order valence-corrected chi connectivity index (χ2v) is 6.58. The van der Waals surface area contributed by atoms with E-state index in [9.17, 15) is 9.59 Å². The summed E-state index contributed by atoms with van der Waals surface area (Å²) in [6.07, 6.45) is 3.94. The van der Waals surface area contributed by atoms with Gasteiger partial charge in [-0.05, 0) is 54.4 Å². The fraction of sp³-hybridized carbons (Fsp3) is 0.238. The Bertz CT molecular complexity index is 908. The summed E-state index contributed by atoms with van der Waals surface area (Å²) in [7, 11) is 0. The number of furan rings is 2. The smallest absolute Gasteiger partial charge is 0.254 e. The highest BCUT2D eigenvalue weighted by Crippen LogP contribution is 2.29. The molecule has 27 heavy (non-hydrogen) atoms. The molecule has 138 valence electrons. The maximum absolute atomic E-state index is 13.2. The van der Waals surface area contributed by atoms with Crippen molar-refractivity contribution in [3.8, 4) is 0 Å². The molecule has 0 N–H and O–H groups in total.